The molecule has 1 unspecified atom stereocenters. The number of hydrogen-bond acceptors (Lipinski definition) is 3. The molecule has 3 N–H and O–H groups in total. The van der Waals surface area contributed by atoms with Crippen LogP contribution in [0.5, 0.6) is 0 Å². The highest BCUT2D eigenvalue weighted by Crippen LogP contribution is 2.23. The van der Waals surface area contributed by atoms with Crippen molar-refractivity contribution in [3.05, 3.63) is 51.3 Å². The normalized spacial score (nSPS) is 12.6. The molecule has 0 radical (unpaired) electrons. The summed E-state index contributed by atoms with van der Waals surface area (Å²) >= 11 is 3.66. The quantitative estimate of drug-likeness (QED) is 0.622. The fourth-order valence-electron chi connectivity index (χ4n) is 2.47. The van der Waals surface area contributed by atoms with Gasteiger partial charge in [-0.05, 0) is 41.3 Å². The van der Waals surface area contributed by atoms with Crippen molar-refractivity contribution < 1.29 is 0 Å². The van der Waals surface area contributed by atoms with E-state index >= 15 is 0 Å². The molecule has 0 aliphatic carbocycles. The summed E-state index contributed by atoms with van der Waals surface area (Å²) in [6.07, 6.45) is 2.66. The molecule has 0 fully saturated rings. The van der Waals surface area contributed by atoms with Crippen molar-refractivity contribution in [3.8, 4) is 0 Å². The fraction of sp³-hybridized carbons (Fsp3) is 0.438. The molecule has 0 aliphatic heterocycles. The molecular formula is C16H23BrN4. The van der Waals surface area contributed by atoms with Crippen molar-refractivity contribution in [2.24, 2.45) is 12.9 Å². The molecule has 0 aliphatic rings. The highest BCUT2D eigenvalue weighted by atomic mass is 79.9. The Kier molecular flexibility index (Phi) is 5.56. The van der Waals surface area contributed by atoms with Gasteiger partial charge in [0.2, 0.25) is 0 Å². The van der Waals surface area contributed by atoms with Gasteiger partial charge in [-0.1, -0.05) is 36.8 Å². The smallest absolute Gasteiger partial charge is 0.0766 e. The molecule has 114 valence electrons. The molecule has 0 bridgehead atoms. The number of rotatable bonds is 6. The lowest BCUT2D eigenvalue weighted by atomic mass is 10.0. The van der Waals surface area contributed by atoms with Gasteiger partial charge in [0.05, 0.1) is 15.9 Å². The summed E-state index contributed by atoms with van der Waals surface area (Å²) in [6, 6.07) is 8.78. The maximum atomic E-state index is 5.74. The maximum Gasteiger partial charge on any atom is 0.0766 e. The van der Waals surface area contributed by atoms with Gasteiger partial charge in [0, 0.05) is 19.5 Å². The summed E-state index contributed by atoms with van der Waals surface area (Å²) in [7, 11) is 1.98. The minimum atomic E-state index is 0.184. The average Bonchev–Trinajstić information content (AvgIpc) is 2.75. The number of hydrogen-bond donors (Lipinski definition) is 2. The number of halogens is 1. The fourth-order valence-corrected chi connectivity index (χ4v) is 3.25. The van der Waals surface area contributed by atoms with Crippen LogP contribution in [-0.2, 0) is 26.3 Å². The molecular weight excluding hydrogens is 328 g/mol. The Morgan fingerprint density at radius 1 is 1.29 bits per heavy atom. The molecule has 1 heterocycles. The van der Waals surface area contributed by atoms with Crippen LogP contribution >= 0.6 is 15.9 Å². The second kappa shape index (κ2) is 7.20. The van der Waals surface area contributed by atoms with Gasteiger partial charge in [-0.15, -0.1) is 0 Å². The first-order valence-electron chi connectivity index (χ1n) is 7.27. The number of nitrogens with one attached hydrogen (secondary N) is 1. The predicted molar refractivity (Wildman–Crippen MR) is 90.0 cm³/mol. The molecule has 21 heavy (non-hydrogen) atoms. The standard InChI is InChI=1S/C16H23BrN4/c1-4-14-16(17)15(21(3)20-14)10-13(19-18)9-12-7-5-11(2)6-8-12/h5-8,13,19H,4,9-10,18H2,1-3H3. The van der Waals surface area contributed by atoms with Gasteiger partial charge >= 0.3 is 0 Å². The van der Waals surface area contributed by atoms with E-state index in [4.69, 9.17) is 5.84 Å². The van der Waals surface area contributed by atoms with Crippen LogP contribution in [0, 0.1) is 6.92 Å². The summed E-state index contributed by atoms with van der Waals surface area (Å²) in [5, 5.41) is 4.54. The van der Waals surface area contributed by atoms with Crippen molar-refractivity contribution >= 4 is 15.9 Å². The lowest BCUT2D eigenvalue weighted by Crippen LogP contribution is -2.39. The summed E-state index contributed by atoms with van der Waals surface area (Å²) in [5.74, 6) is 5.74. The van der Waals surface area contributed by atoms with E-state index in [0.717, 1.165) is 29.4 Å². The van der Waals surface area contributed by atoms with Crippen LogP contribution in [0.1, 0.15) is 29.4 Å². The van der Waals surface area contributed by atoms with Crippen LogP contribution < -0.4 is 11.3 Å². The third-order valence-electron chi connectivity index (χ3n) is 3.78. The Hall–Kier alpha value is -1.17. The maximum absolute atomic E-state index is 5.74. The first-order valence-corrected chi connectivity index (χ1v) is 8.06. The van der Waals surface area contributed by atoms with E-state index in [0.29, 0.717) is 0 Å². The summed E-state index contributed by atoms with van der Waals surface area (Å²) in [4.78, 5) is 0. The number of nitrogens with zero attached hydrogens (tertiary/aromatic N) is 2. The summed E-state index contributed by atoms with van der Waals surface area (Å²) in [5.41, 5.74) is 7.78. The molecule has 1 aromatic carbocycles. The highest BCUT2D eigenvalue weighted by molar-refractivity contribution is 9.10. The third kappa shape index (κ3) is 3.93. The topological polar surface area (TPSA) is 55.9 Å². The van der Waals surface area contributed by atoms with Gasteiger partial charge in [0.25, 0.3) is 0 Å². The van der Waals surface area contributed by atoms with Crippen molar-refractivity contribution in [1.82, 2.24) is 15.2 Å². The largest absolute Gasteiger partial charge is 0.271 e. The summed E-state index contributed by atoms with van der Waals surface area (Å²) < 4.78 is 3.05. The molecule has 1 aromatic heterocycles. The van der Waals surface area contributed by atoms with E-state index in [-0.39, 0.29) is 6.04 Å². The van der Waals surface area contributed by atoms with Gasteiger partial charge in [0.1, 0.15) is 0 Å². The zero-order chi connectivity index (χ0) is 15.4. The third-order valence-corrected chi connectivity index (χ3v) is 4.70. The van der Waals surface area contributed by atoms with E-state index in [9.17, 15) is 0 Å². The zero-order valence-electron chi connectivity index (χ0n) is 12.9. The number of benzene rings is 1. The van der Waals surface area contributed by atoms with Crippen molar-refractivity contribution in [2.45, 2.75) is 39.2 Å². The Bertz CT molecular complexity index is 589. The van der Waals surface area contributed by atoms with Crippen LogP contribution in [0.4, 0.5) is 0 Å². The molecule has 1 atom stereocenters. The molecule has 0 amide bonds. The molecule has 0 spiro atoms. The second-order valence-electron chi connectivity index (χ2n) is 5.44. The number of aromatic nitrogens is 2. The Morgan fingerprint density at radius 2 is 1.95 bits per heavy atom. The molecule has 2 rings (SSSR count). The van der Waals surface area contributed by atoms with Gasteiger partial charge < -0.3 is 0 Å². The molecule has 2 aromatic rings. The predicted octanol–water partition coefficient (Wildman–Crippen LogP) is 2.67. The highest BCUT2D eigenvalue weighted by Gasteiger charge is 2.17. The van der Waals surface area contributed by atoms with Crippen LogP contribution in [0.15, 0.2) is 28.7 Å². The van der Waals surface area contributed by atoms with Gasteiger partial charge in [-0.3, -0.25) is 16.0 Å². The monoisotopic (exact) mass is 350 g/mol. The van der Waals surface area contributed by atoms with E-state index in [2.05, 4.69) is 64.6 Å². The molecule has 5 heteroatoms. The zero-order valence-corrected chi connectivity index (χ0v) is 14.4. The van der Waals surface area contributed by atoms with E-state index in [1.54, 1.807) is 0 Å². The molecule has 0 saturated carbocycles. The van der Waals surface area contributed by atoms with Gasteiger partial charge in [0.15, 0.2) is 0 Å². The number of nitrogens with two attached hydrogens (primary N) is 1. The summed E-state index contributed by atoms with van der Waals surface area (Å²) in [6.45, 7) is 4.21. The Balaban J connectivity index is 2.12. The minimum absolute atomic E-state index is 0.184. The van der Waals surface area contributed by atoms with Crippen molar-refractivity contribution in [1.29, 1.82) is 0 Å². The first kappa shape index (κ1) is 16.2. The molecule has 4 nitrogen and oxygen atoms in total. The SMILES string of the molecule is CCc1nn(C)c(CC(Cc2ccc(C)cc2)NN)c1Br. The van der Waals surface area contributed by atoms with Crippen LogP contribution in [0.3, 0.4) is 0 Å². The molecule has 0 saturated heterocycles. The van der Waals surface area contributed by atoms with E-state index in [1.807, 2.05) is 11.7 Å². The lowest BCUT2D eigenvalue weighted by Gasteiger charge is -2.16. The Morgan fingerprint density at radius 3 is 2.48 bits per heavy atom. The minimum Gasteiger partial charge on any atom is -0.271 e. The number of aryl methyl sites for hydroxylation is 3. The van der Waals surface area contributed by atoms with Crippen LogP contribution in [0.2, 0.25) is 0 Å². The van der Waals surface area contributed by atoms with Gasteiger partial charge in [-0.25, -0.2) is 0 Å². The second-order valence-corrected chi connectivity index (χ2v) is 6.23. The lowest BCUT2D eigenvalue weighted by molar-refractivity contribution is 0.504. The van der Waals surface area contributed by atoms with Crippen LogP contribution in [0.25, 0.3) is 0 Å². The van der Waals surface area contributed by atoms with Crippen molar-refractivity contribution in [3.63, 3.8) is 0 Å². The average molecular weight is 351 g/mol. The van der Waals surface area contributed by atoms with E-state index in [1.165, 1.54) is 16.8 Å². The first-order chi connectivity index (χ1) is 10.0. The van der Waals surface area contributed by atoms with Gasteiger partial charge in [-0.2, -0.15) is 5.10 Å². The van der Waals surface area contributed by atoms with Crippen molar-refractivity contribution in [2.75, 3.05) is 0 Å². The Labute approximate surface area is 134 Å². The van der Waals surface area contributed by atoms with Crippen LogP contribution in [-0.4, -0.2) is 15.8 Å². The number of hydrazine groups is 1. The van der Waals surface area contributed by atoms with E-state index < -0.39 is 0 Å².